The number of amides is 2. The van der Waals surface area contributed by atoms with Crippen molar-refractivity contribution >= 4 is 23.6 Å². The highest BCUT2D eigenvalue weighted by molar-refractivity contribution is 5.87. The zero-order chi connectivity index (χ0) is 24.6. The number of aliphatic hydroxyl groups excluding tert-OH is 1. The lowest BCUT2D eigenvalue weighted by molar-refractivity contribution is 0.206. The van der Waals surface area contributed by atoms with Crippen molar-refractivity contribution in [2.45, 2.75) is 53.0 Å². The Balaban J connectivity index is 2.25. The van der Waals surface area contributed by atoms with E-state index in [-0.39, 0.29) is 35.8 Å². The number of aliphatic hydroxyl groups is 1. The molecule has 2 aromatic carbocycles. The molecule has 1 unspecified atom stereocenters. The van der Waals surface area contributed by atoms with Crippen LogP contribution in [-0.4, -0.2) is 36.5 Å². The standard InChI is InChI=1S/C26H37FN4O2/c1-17(2)12-23(26(4,5)16-29-25(33)30-18(3)15-32)19-6-11-24(20(13-19)14-28)31-22-9-7-21(27)8-10-22/h6-11,13-14,17-18,23,28,31-32H,12,15-16H2,1-5H3,(H2,29,30,33)/t18-,23?/m0/s1. The van der Waals surface area contributed by atoms with Crippen LogP contribution in [0.3, 0.4) is 0 Å². The van der Waals surface area contributed by atoms with E-state index in [4.69, 9.17) is 10.5 Å². The molecule has 0 saturated carbocycles. The van der Waals surface area contributed by atoms with Crippen LogP contribution < -0.4 is 16.0 Å². The van der Waals surface area contributed by atoms with Crippen molar-refractivity contribution in [1.82, 2.24) is 10.6 Å². The maximum absolute atomic E-state index is 13.2. The molecule has 0 aliphatic heterocycles. The van der Waals surface area contributed by atoms with Gasteiger partial charge in [0.2, 0.25) is 0 Å². The van der Waals surface area contributed by atoms with Gasteiger partial charge < -0.3 is 26.5 Å². The van der Waals surface area contributed by atoms with Gasteiger partial charge in [-0.25, -0.2) is 9.18 Å². The van der Waals surface area contributed by atoms with Crippen LogP contribution in [0.4, 0.5) is 20.6 Å². The van der Waals surface area contributed by atoms with Gasteiger partial charge >= 0.3 is 6.03 Å². The number of halogens is 1. The van der Waals surface area contributed by atoms with E-state index >= 15 is 0 Å². The lowest BCUT2D eigenvalue weighted by atomic mass is 9.71. The highest BCUT2D eigenvalue weighted by Crippen LogP contribution is 2.41. The molecule has 0 heterocycles. The lowest BCUT2D eigenvalue weighted by Crippen LogP contribution is -2.46. The highest BCUT2D eigenvalue weighted by atomic mass is 19.1. The Kier molecular flexibility index (Phi) is 9.41. The summed E-state index contributed by atoms with van der Waals surface area (Å²) in [6.45, 7) is 10.7. The van der Waals surface area contributed by atoms with E-state index in [9.17, 15) is 9.18 Å². The first kappa shape index (κ1) is 26.3. The van der Waals surface area contributed by atoms with Crippen LogP contribution in [0.25, 0.3) is 0 Å². The minimum atomic E-state index is -0.309. The predicted molar refractivity (Wildman–Crippen MR) is 133 cm³/mol. The average Bonchev–Trinajstić information content (AvgIpc) is 2.77. The number of hydrogen-bond donors (Lipinski definition) is 5. The maximum atomic E-state index is 13.2. The van der Waals surface area contributed by atoms with Gasteiger partial charge in [-0.2, -0.15) is 0 Å². The number of rotatable bonds is 11. The first-order valence-electron chi connectivity index (χ1n) is 11.4. The number of carbonyl (C=O) groups excluding carboxylic acids is 1. The second-order valence-corrected chi connectivity index (χ2v) is 9.70. The third kappa shape index (κ3) is 7.86. The van der Waals surface area contributed by atoms with Crippen molar-refractivity contribution in [3.05, 3.63) is 59.4 Å². The van der Waals surface area contributed by atoms with E-state index < -0.39 is 0 Å². The van der Waals surface area contributed by atoms with Crippen molar-refractivity contribution in [1.29, 1.82) is 5.41 Å². The molecule has 0 fully saturated rings. The molecule has 2 rings (SSSR count). The summed E-state index contributed by atoms with van der Waals surface area (Å²) < 4.78 is 13.2. The van der Waals surface area contributed by atoms with Crippen LogP contribution in [0, 0.1) is 22.6 Å². The molecule has 33 heavy (non-hydrogen) atoms. The van der Waals surface area contributed by atoms with Gasteiger partial charge in [0.25, 0.3) is 0 Å². The zero-order valence-electron chi connectivity index (χ0n) is 20.2. The quantitative estimate of drug-likeness (QED) is 0.293. The number of carbonyl (C=O) groups is 1. The van der Waals surface area contributed by atoms with E-state index in [0.29, 0.717) is 12.5 Å². The third-order valence-corrected chi connectivity index (χ3v) is 5.76. The van der Waals surface area contributed by atoms with Gasteiger partial charge in [-0.05, 0) is 72.6 Å². The smallest absolute Gasteiger partial charge is 0.315 e. The van der Waals surface area contributed by atoms with Crippen LogP contribution in [0.1, 0.15) is 58.1 Å². The summed E-state index contributed by atoms with van der Waals surface area (Å²) in [6.07, 6.45) is 2.24. The summed E-state index contributed by atoms with van der Waals surface area (Å²) in [5, 5.41) is 26.0. The van der Waals surface area contributed by atoms with Crippen molar-refractivity contribution < 1.29 is 14.3 Å². The maximum Gasteiger partial charge on any atom is 0.315 e. The van der Waals surface area contributed by atoms with Crippen molar-refractivity contribution in [2.75, 3.05) is 18.5 Å². The molecule has 0 radical (unpaired) electrons. The average molecular weight is 457 g/mol. The SMILES string of the molecule is CC(C)CC(c1ccc(Nc2ccc(F)cc2)c(C=N)c1)C(C)(C)CNC(=O)N[C@@H](C)CO. The fraction of sp³-hybridized carbons (Fsp3) is 0.462. The molecule has 0 spiro atoms. The predicted octanol–water partition coefficient (Wildman–Crippen LogP) is 5.40. The Morgan fingerprint density at radius 2 is 1.82 bits per heavy atom. The van der Waals surface area contributed by atoms with E-state index in [1.807, 2.05) is 12.1 Å². The Morgan fingerprint density at radius 1 is 1.15 bits per heavy atom. The van der Waals surface area contributed by atoms with E-state index in [1.165, 1.54) is 18.3 Å². The van der Waals surface area contributed by atoms with Crippen LogP contribution in [0.15, 0.2) is 42.5 Å². The topological polar surface area (TPSA) is 97.2 Å². The zero-order valence-corrected chi connectivity index (χ0v) is 20.2. The Bertz CT molecular complexity index is 928. The summed E-state index contributed by atoms with van der Waals surface area (Å²) in [7, 11) is 0. The van der Waals surface area contributed by atoms with Crippen molar-refractivity contribution in [3.8, 4) is 0 Å². The molecule has 0 saturated heterocycles. The number of anilines is 2. The summed E-state index contributed by atoms with van der Waals surface area (Å²) in [5.41, 5.74) is 3.11. The Morgan fingerprint density at radius 3 is 2.39 bits per heavy atom. The molecule has 0 aliphatic rings. The van der Waals surface area contributed by atoms with Crippen LogP contribution in [0.2, 0.25) is 0 Å². The second-order valence-electron chi connectivity index (χ2n) is 9.70. The molecular weight excluding hydrogens is 419 g/mol. The molecule has 2 atom stereocenters. The van der Waals surface area contributed by atoms with Gasteiger partial charge in [-0.1, -0.05) is 33.8 Å². The summed E-state index contributed by atoms with van der Waals surface area (Å²) in [6, 6.07) is 11.5. The highest BCUT2D eigenvalue weighted by Gasteiger charge is 2.32. The fourth-order valence-electron chi connectivity index (χ4n) is 3.85. The lowest BCUT2D eigenvalue weighted by Gasteiger charge is -2.36. The number of hydrogen-bond acceptors (Lipinski definition) is 4. The molecule has 2 aromatic rings. The third-order valence-electron chi connectivity index (χ3n) is 5.76. The molecule has 2 amide bonds. The monoisotopic (exact) mass is 456 g/mol. The Hall–Kier alpha value is -2.93. The molecule has 0 aromatic heterocycles. The summed E-state index contributed by atoms with van der Waals surface area (Å²) in [4.78, 5) is 12.2. The fourth-order valence-corrected chi connectivity index (χ4v) is 3.85. The first-order chi connectivity index (χ1) is 15.6. The van der Waals surface area contributed by atoms with E-state index in [2.05, 4.69) is 49.7 Å². The van der Waals surface area contributed by atoms with Crippen LogP contribution >= 0.6 is 0 Å². The molecular formula is C26H37FN4O2. The first-order valence-corrected chi connectivity index (χ1v) is 11.4. The molecule has 0 bridgehead atoms. The van der Waals surface area contributed by atoms with Gasteiger partial charge in [0, 0.05) is 29.7 Å². The van der Waals surface area contributed by atoms with Crippen LogP contribution in [-0.2, 0) is 0 Å². The molecule has 5 N–H and O–H groups in total. The van der Waals surface area contributed by atoms with E-state index in [1.54, 1.807) is 19.1 Å². The molecule has 7 heteroatoms. The van der Waals surface area contributed by atoms with Gasteiger partial charge in [0.15, 0.2) is 0 Å². The molecule has 180 valence electrons. The Labute approximate surface area is 196 Å². The number of nitrogens with one attached hydrogen (secondary N) is 4. The summed E-state index contributed by atoms with van der Waals surface area (Å²) in [5.74, 6) is 0.291. The van der Waals surface area contributed by atoms with Gasteiger partial charge in [0.05, 0.1) is 12.6 Å². The largest absolute Gasteiger partial charge is 0.394 e. The van der Waals surface area contributed by atoms with Gasteiger partial charge in [-0.3, -0.25) is 0 Å². The van der Waals surface area contributed by atoms with Crippen molar-refractivity contribution in [3.63, 3.8) is 0 Å². The van der Waals surface area contributed by atoms with Crippen LogP contribution in [0.5, 0.6) is 0 Å². The normalized spacial score (nSPS) is 13.3. The number of benzene rings is 2. The minimum Gasteiger partial charge on any atom is -0.394 e. The minimum absolute atomic E-state index is 0.114. The van der Waals surface area contributed by atoms with Gasteiger partial charge in [0.1, 0.15) is 5.82 Å². The van der Waals surface area contributed by atoms with E-state index in [0.717, 1.165) is 28.9 Å². The molecule has 0 aliphatic carbocycles. The second kappa shape index (κ2) is 11.8. The van der Waals surface area contributed by atoms with Gasteiger partial charge in [-0.15, -0.1) is 0 Å². The van der Waals surface area contributed by atoms with Crippen molar-refractivity contribution in [2.24, 2.45) is 11.3 Å². The molecule has 6 nitrogen and oxygen atoms in total. The summed E-state index contributed by atoms with van der Waals surface area (Å²) >= 11 is 0. The number of urea groups is 1.